The van der Waals surface area contributed by atoms with Crippen molar-refractivity contribution in [2.45, 2.75) is 26.2 Å². The summed E-state index contributed by atoms with van der Waals surface area (Å²) in [5.41, 5.74) is 3.22. The van der Waals surface area contributed by atoms with Crippen molar-refractivity contribution in [3.63, 3.8) is 0 Å². The van der Waals surface area contributed by atoms with Crippen LogP contribution in [0.4, 0.5) is 0 Å². The minimum Gasteiger partial charge on any atom is -0.507 e. The molecule has 2 heteroatoms. The summed E-state index contributed by atoms with van der Waals surface area (Å²) in [4.78, 5) is 0. The summed E-state index contributed by atoms with van der Waals surface area (Å²) in [6.45, 7) is 4.24. The summed E-state index contributed by atoms with van der Waals surface area (Å²) in [7, 11) is 0. The van der Waals surface area contributed by atoms with Gasteiger partial charge in [-0.2, -0.15) is 0 Å². The van der Waals surface area contributed by atoms with E-state index in [1.807, 2.05) is 18.2 Å². The SMILES string of the molecule is Cc1c2c(c(O)c3c(O)cccc13)C=CCC2C. The predicted octanol–water partition coefficient (Wildman–Crippen LogP) is 4.08. The number of phenols is 2. The lowest BCUT2D eigenvalue weighted by Crippen LogP contribution is -2.04. The van der Waals surface area contributed by atoms with Crippen molar-refractivity contribution < 1.29 is 10.2 Å². The number of hydrogen-bond donors (Lipinski definition) is 2. The fourth-order valence-corrected chi connectivity index (χ4v) is 3.02. The van der Waals surface area contributed by atoms with Gasteiger partial charge < -0.3 is 10.2 Å². The molecule has 0 bridgehead atoms. The summed E-state index contributed by atoms with van der Waals surface area (Å²) in [6, 6.07) is 5.39. The molecule has 0 saturated heterocycles. The third kappa shape index (κ3) is 1.35. The van der Waals surface area contributed by atoms with Crippen LogP contribution in [0.5, 0.6) is 11.5 Å². The molecule has 1 unspecified atom stereocenters. The van der Waals surface area contributed by atoms with Crippen LogP contribution in [0.2, 0.25) is 0 Å². The first-order valence-corrected chi connectivity index (χ1v) is 6.25. The highest BCUT2D eigenvalue weighted by atomic mass is 16.3. The monoisotopic (exact) mass is 240 g/mol. The maximum atomic E-state index is 10.4. The summed E-state index contributed by atoms with van der Waals surface area (Å²) in [5.74, 6) is 0.747. The van der Waals surface area contributed by atoms with Crippen LogP contribution in [0.25, 0.3) is 16.8 Å². The molecule has 0 heterocycles. The maximum absolute atomic E-state index is 10.4. The molecule has 0 aliphatic heterocycles. The van der Waals surface area contributed by atoms with E-state index < -0.39 is 0 Å². The molecule has 2 nitrogen and oxygen atoms in total. The molecule has 0 radical (unpaired) electrons. The first-order valence-electron chi connectivity index (χ1n) is 6.25. The average Bonchev–Trinajstić information content (AvgIpc) is 2.35. The van der Waals surface area contributed by atoms with Gasteiger partial charge in [-0.15, -0.1) is 0 Å². The summed E-state index contributed by atoms with van der Waals surface area (Å²) in [6.07, 6.45) is 5.04. The highest BCUT2D eigenvalue weighted by Gasteiger charge is 2.22. The molecule has 0 amide bonds. The van der Waals surface area contributed by atoms with Crippen molar-refractivity contribution in [2.24, 2.45) is 0 Å². The van der Waals surface area contributed by atoms with Crippen LogP contribution in [-0.4, -0.2) is 10.2 Å². The van der Waals surface area contributed by atoms with Crippen LogP contribution < -0.4 is 0 Å². The summed E-state index contributed by atoms with van der Waals surface area (Å²) in [5, 5.41) is 21.9. The van der Waals surface area contributed by atoms with E-state index in [1.54, 1.807) is 6.07 Å². The number of aromatic hydroxyl groups is 2. The van der Waals surface area contributed by atoms with Crippen molar-refractivity contribution in [2.75, 3.05) is 0 Å². The van der Waals surface area contributed by atoms with Gasteiger partial charge in [0, 0.05) is 5.56 Å². The molecule has 2 aromatic carbocycles. The molecule has 0 fully saturated rings. The number of allylic oxidation sites excluding steroid dienone is 1. The largest absolute Gasteiger partial charge is 0.507 e. The molecule has 92 valence electrons. The fourth-order valence-electron chi connectivity index (χ4n) is 3.02. The number of fused-ring (bicyclic) bond motifs is 2. The Kier molecular flexibility index (Phi) is 2.34. The Balaban J connectivity index is 2.53. The zero-order valence-corrected chi connectivity index (χ0v) is 10.6. The minimum absolute atomic E-state index is 0.141. The van der Waals surface area contributed by atoms with Crippen molar-refractivity contribution in [3.8, 4) is 11.5 Å². The lowest BCUT2D eigenvalue weighted by molar-refractivity contribution is 0.462. The molecular weight excluding hydrogens is 224 g/mol. The van der Waals surface area contributed by atoms with Crippen LogP contribution in [-0.2, 0) is 0 Å². The highest BCUT2D eigenvalue weighted by Crippen LogP contribution is 2.45. The van der Waals surface area contributed by atoms with E-state index in [-0.39, 0.29) is 11.5 Å². The fraction of sp³-hybridized carbons (Fsp3) is 0.250. The Morgan fingerprint density at radius 2 is 2.00 bits per heavy atom. The number of rotatable bonds is 0. The molecule has 18 heavy (non-hydrogen) atoms. The smallest absolute Gasteiger partial charge is 0.134 e. The number of benzene rings is 2. The van der Waals surface area contributed by atoms with E-state index in [2.05, 4.69) is 19.9 Å². The molecule has 2 N–H and O–H groups in total. The minimum atomic E-state index is 0.141. The maximum Gasteiger partial charge on any atom is 0.134 e. The zero-order chi connectivity index (χ0) is 12.9. The van der Waals surface area contributed by atoms with Crippen molar-refractivity contribution in [3.05, 3.63) is 41.0 Å². The van der Waals surface area contributed by atoms with E-state index in [4.69, 9.17) is 0 Å². The Labute approximate surface area is 106 Å². The van der Waals surface area contributed by atoms with E-state index in [0.29, 0.717) is 11.3 Å². The van der Waals surface area contributed by atoms with Crippen molar-refractivity contribution in [1.29, 1.82) is 0 Å². The third-order valence-corrected chi connectivity index (χ3v) is 3.90. The molecule has 1 atom stereocenters. The predicted molar refractivity (Wildman–Crippen MR) is 74.1 cm³/mol. The van der Waals surface area contributed by atoms with E-state index in [0.717, 1.165) is 22.9 Å². The van der Waals surface area contributed by atoms with Crippen LogP contribution in [0.3, 0.4) is 0 Å². The molecule has 1 aliphatic carbocycles. The lowest BCUT2D eigenvalue weighted by Gasteiger charge is -2.23. The van der Waals surface area contributed by atoms with Crippen LogP contribution >= 0.6 is 0 Å². The molecule has 0 aromatic heterocycles. The standard InChI is InChI=1S/C16H16O2/c1-9-5-3-7-12-14(9)10(2)11-6-4-8-13(17)15(11)16(12)18/h3-4,6-9,17-18H,5H2,1-2H3. The van der Waals surface area contributed by atoms with E-state index >= 15 is 0 Å². The second-order valence-corrected chi connectivity index (χ2v) is 5.04. The first kappa shape index (κ1) is 11.1. The van der Waals surface area contributed by atoms with Gasteiger partial charge in [-0.1, -0.05) is 31.2 Å². The van der Waals surface area contributed by atoms with Gasteiger partial charge in [0.2, 0.25) is 0 Å². The number of phenolic OH excluding ortho intramolecular Hbond substituents is 2. The normalized spacial score (nSPS) is 18.0. The molecule has 3 rings (SSSR count). The number of hydrogen-bond acceptors (Lipinski definition) is 2. The topological polar surface area (TPSA) is 40.5 Å². The summed E-state index contributed by atoms with van der Waals surface area (Å²) < 4.78 is 0. The highest BCUT2D eigenvalue weighted by molar-refractivity contribution is 5.99. The van der Waals surface area contributed by atoms with Gasteiger partial charge in [0.15, 0.2) is 0 Å². The van der Waals surface area contributed by atoms with E-state index in [1.165, 1.54) is 5.56 Å². The Morgan fingerprint density at radius 1 is 1.22 bits per heavy atom. The molecule has 0 spiro atoms. The molecule has 1 aliphatic rings. The lowest BCUT2D eigenvalue weighted by atomic mass is 9.82. The first-order chi connectivity index (χ1) is 8.61. The molecule has 0 saturated carbocycles. The third-order valence-electron chi connectivity index (χ3n) is 3.90. The Hall–Kier alpha value is -1.96. The quantitative estimate of drug-likeness (QED) is 0.728. The van der Waals surface area contributed by atoms with Crippen LogP contribution in [0.1, 0.15) is 36.0 Å². The zero-order valence-electron chi connectivity index (χ0n) is 10.6. The summed E-state index contributed by atoms with van der Waals surface area (Å²) >= 11 is 0. The molecule has 2 aromatic rings. The van der Waals surface area contributed by atoms with Crippen LogP contribution in [0.15, 0.2) is 24.3 Å². The Morgan fingerprint density at radius 3 is 2.78 bits per heavy atom. The van der Waals surface area contributed by atoms with Gasteiger partial charge >= 0.3 is 0 Å². The second kappa shape index (κ2) is 3.77. The van der Waals surface area contributed by atoms with Crippen molar-refractivity contribution in [1.82, 2.24) is 0 Å². The number of aryl methyl sites for hydroxylation is 1. The van der Waals surface area contributed by atoms with E-state index in [9.17, 15) is 10.2 Å². The van der Waals surface area contributed by atoms with Gasteiger partial charge in [0.1, 0.15) is 11.5 Å². The Bertz CT molecular complexity index is 669. The van der Waals surface area contributed by atoms with Crippen molar-refractivity contribution >= 4 is 16.8 Å². The van der Waals surface area contributed by atoms with Gasteiger partial charge in [-0.3, -0.25) is 0 Å². The second-order valence-electron chi connectivity index (χ2n) is 5.04. The van der Waals surface area contributed by atoms with Gasteiger partial charge in [0.25, 0.3) is 0 Å². The molecular formula is C16H16O2. The van der Waals surface area contributed by atoms with Crippen LogP contribution in [0, 0.1) is 6.92 Å². The average molecular weight is 240 g/mol. The van der Waals surface area contributed by atoms with Gasteiger partial charge in [-0.25, -0.2) is 0 Å². The van der Waals surface area contributed by atoms with Gasteiger partial charge in [0.05, 0.1) is 5.39 Å². The van der Waals surface area contributed by atoms with Gasteiger partial charge in [-0.05, 0) is 41.8 Å².